The first-order valence-corrected chi connectivity index (χ1v) is 7.52. The predicted octanol–water partition coefficient (Wildman–Crippen LogP) is 5.29. The van der Waals surface area contributed by atoms with Crippen LogP contribution in [-0.2, 0) is 0 Å². The minimum atomic E-state index is 0.768. The summed E-state index contributed by atoms with van der Waals surface area (Å²) in [4.78, 5) is 4.55. The van der Waals surface area contributed by atoms with Crippen LogP contribution in [0.25, 0.3) is 22.4 Å². The molecule has 0 atom stereocenters. The van der Waals surface area contributed by atoms with Crippen molar-refractivity contribution in [2.45, 2.75) is 18.8 Å². The molecule has 1 heteroatoms. The predicted molar refractivity (Wildman–Crippen MR) is 87.1 cm³/mol. The molecule has 0 unspecified atom stereocenters. The maximum atomic E-state index is 4.55. The molecule has 0 bridgehead atoms. The standard InChI is InChI=1S/C20H17N/c1-2-5-15(6-3-1)17-7-4-8-19(13-17)20-14-18(11-12-21-20)16-9-10-16/h1-8,11-14,16H,9-10H2. The van der Waals surface area contributed by atoms with Gasteiger partial charge in [0.25, 0.3) is 0 Å². The van der Waals surface area contributed by atoms with Gasteiger partial charge in [-0.25, -0.2) is 0 Å². The van der Waals surface area contributed by atoms with Crippen molar-refractivity contribution in [1.82, 2.24) is 4.98 Å². The Labute approximate surface area is 125 Å². The number of pyridine rings is 1. The van der Waals surface area contributed by atoms with E-state index in [2.05, 4.69) is 65.6 Å². The van der Waals surface area contributed by atoms with Crippen molar-refractivity contribution in [3.63, 3.8) is 0 Å². The van der Waals surface area contributed by atoms with Gasteiger partial charge in [0.2, 0.25) is 0 Å². The highest BCUT2D eigenvalue weighted by Crippen LogP contribution is 2.40. The molecule has 3 aromatic rings. The minimum Gasteiger partial charge on any atom is -0.256 e. The lowest BCUT2D eigenvalue weighted by atomic mass is 10.0. The number of aromatic nitrogens is 1. The zero-order valence-corrected chi connectivity index (χ0v) is 11.9. The quantitative estimate of drug-likeness (QED) is 0.630. The lowest BCUT2D eigenvalue weighted by molar-refractivity contribution is 1.11. The van der Waals surface area contributed by atoms with Crippen LogP contribution in [0.15, 0.2) is 72.9 Å². The molecule has 0 N–H and O–H groups in total. The zero-order chi connectivity index (χ0) is 14.1. The molecular formula is C20H17N. The SMILES string of the molecule is c1ccc(-c2cccc(-c3cc(C4CC4)ccn3)c2)cc1. The summed E-state index contributed by atoms with van der Waals surface area (Å²) in [6, 6.07) is 23.5. The van der Waals surface area contributed by atoms with Gasteiger partial charge in [-0.15, -0.1) is 0 Å². The molecule has 1 saturated carbocycles. The average Bonchev–Trinajstić information content (AvgIpc) is 3.41. The van der Waals surface area contributed by atoms with Crippen LogP contribution in [0.4, 0.5) is 0 Å². The molecule has 1 aliphatic carbocycles. The maximum Gasteiger partial charge on any atom is 0.0705 e. The van der Waals surface area contributed by atoms with E-state index in [4.69, 9.17) is 0 Å². The second-order valence-electron chi connectivity index (χ2n) is 5.70. The number of hydrogen-bond acceptors (Lipinski definition) is 1. The molecule has 0 spiro atoms. The zero-order valence-electron chi connectivity index (χ0n) is 11.9. The van der Waals surface area contributed by atoms with E-state index in [-0.39, 0.29) is 0 Å². The van der Waals surface area contributed by atoms with Crippen LogP contribution in [0.1, 0.15) is 24.3 Å². The van der Waals surface area contributed by atoms with E-state index < -0.39 is 0 Å². The average molecular weight is 271 g/mol. The van der Waals surface area contributed by atoms with Gasteiger partial charge in [0.15, 0.2) is 0 Å². The summed E-state index contributed by atoms with van der Waals surface area (Å²) in [6.07, 6.45) is 4.60. The van der Waals surface area contributed by atoms with Crippen LogP contribution < -0.4 is 0 Å². The topological polar surface area (TPSA) is 12.9 Å². The van der Waals surface area contributed by atoms with E-state index in [0.717, 1.165) is 11.6 Å². The molecule has 1 fully saturated rings. The van der Waals surface area contributed by atoms with Crippen LogP contribution in [0, 0.1) is 0 Å². The van der Waals surface area contributed by atoms with E-state index in [0.29, 0.717) is 0 Å². The summed E-state index contributed by atoms with van der Waals surface area (Å²) in [5, 5.41) is 0. The highest BCUT2D eigenvalue weighted by molar-refractivity contribution is 5.71. The Kier molecular flexibility index (Phi) is 3.04. The van der Waals surface area contributed by atoms with Crippen LogP contribution >= 0.6 is 0 Å². The summed E-state index contributed by atoms with van der Waals surface area (Å²) in [5.74, 6) is 0.768. The lowest BCUT2D eigenvalue weighted by Gasteiger charge is -2.07. The van der Waals surface area contributed by atoms with Gasteiger partial charge in [0, 0.05) is 11.8 Å². The molecule has 4 rings (SSSR count). The number of nitrogens with zero attached hydrogens (tertiary/aromatic N) is 1. The van der Waals surface area contributed by atoms with Gasteiger partial charge >= 0.3 is 0 Å². The molecule has 2 aromatic carbocycles. The second-order valence-corrected chi connectivity index (χ2v) is 5.70. The number of hydrogen-bond donors (Lipinski definition) is 0. The lowest BCUT2D eigenvalue weighted by Crippen LogP contribution is -1.87. The van der Waals surface area contributed by atoms with Crippen LogP contribution in [0.5, 0.6) is 0 Å². The van der Waals surface area contributed by atoms with E-state index >= 15 is 0 Å². The molecule has 0 saturated heterocycles. The summed E-state index contributed by atoms with van der Waals surface area (Å²) in [7, 11) is 0. The minimum absolute atomic E-state index is 0.768. The van der Waals surface area contributed by atoms with Gasteiger partial charge in [-0.2, -0.15) is 0 Å². The third-order valence-electron chi connectivity index (χ3n) is 4.10. The van der Waals surface area contributed by atoms with Crippen molar-refractivity contribution in [3.05, 3.63) is 78.5 Å². The monoisotopic (exact) mass is 271 g/mol. The smallest absolute Gasteiger partial charge is 0.0705 e. The Balaban J connectivity index is 1.74. The second kappa shape index (κ2) is 5.17. The van der Waals surface area contributed by atoms with Gasteiger partial charge in [-0.1, -0.05) is 48.5 Å². The van der Waals surface area contributed by atoms with E-state index in [1.165, 1.54) is 35.1 Å². The van der Waals surface area contributed by atoms with Gasteiger partial charge in [-0.05, 0) is 53.6 Å². The van der Waals surface area contributed by atoms with Crippen molar-refractivity contribution in [2.75, 3.05) is 0 Å². The fourth-order valence-corrected chi connectivity index (χ4v) is 2.76. The fourth-order valence-electron chi connectivity index (χ4n) is 2.76. The van der Waals surface area contributed by atoms with Crippen molar-refractivity contribution in [2.24, 2.45) is 0 Å². The first-order chi connectivity index (χ1) is 10.4. The van der Waals surface area contributed by atoms with Gasteiger partial charge in [-0.3, -0.25) is 4.98 Å². The fraction of sp³-hybridized carbons (Fsp3) is 0.150. The largest absolute Gasteiger partial charge is 0.256 e. The molecule has 1 nitrogen and oxygen atoms in total. The molecule has 1 aliphatic rings. The number of benzene rings is 2. The third kappa shape index (κ3) is 2.59. The summed E-state index contributed by atoms with van der Waals surface area (Å²) >= 11 is 0. The van der Waals surface area contributed by atoms with Crippen LogP contribution in [-0.4, -0.2) is 4.98 Å². The van der Waals surface area contributed by atoms with Crippen LogP contribution in [0.3, 0.4) is 0 Å². The Morgan fingerprint density at radius 1 is 0.714 bits per heavy atom. The van der Waals surface area contributed by atoms with Crippen molar-refractivity contribution in [1.29, 1.82) is 0 Å². The van der Waals surface area contributed by atoms with Crippen molar-refractivity contribution in [3.8, 4) is 22.4 Å². The Bertz CT molecular complexity index is 758. The highest BCUT2D eigenvalue weighted by Gasteiger charge is 2.23. The van der Waals surface area contributed by atoms with E-state index in [1.807, 2.05) is 12.3 Å². The van der Waals surface area contributed by atoms with Crippen LogP contribution in [0.2, 0.25) is 0 Å². The summed E-state index contributed by atoms with van der Waals surface area (Å²) < 4.78 is 0. The van der Waals surface area contributed by atoms with Crippen molar-refractivity contribution < 1.29 is 0 Å². The Morgan fingerprint density at radius 3 is 2.29 bits per heavy atom. The maximum absolute atomic E-state index is 4.55. The molecule has 1 aromatic heterocycles. The molecule has 0 aliphatic heterocycles. The van der Waals surface area contributed by atoms with Crippen molar-refractivity contribution >= 4 is 0 Å². The van der Waals surface area contributed by atoms with Gasteiger partial charge < -0.3 is 0 Å². The molecule has 0 amide bonds. The summed E-state index contributed by atoms with van der Waals surface area (Å²) in [5.41, 5.74) is 6.20. The molecular weight excluding hydrogens is 254 g/mol. The highest BCUT2D eigenvalue weighted by atomic mass is 14.7. The summed E-state index contributed by atoms with van der Waals surface area (Å²) in [6.45, 7) is 0. The normalized spacial score (nSPS) is 14.1. The Morgan fingerprint density at radius 2 is 1.48 bits per heavy atom. The molecule has 102 valence electrons. The van der Waals surface area contributed by atoms with E-state index in [9.17, 15) is 0 Å². The van der Waals surface area contributed by atoms with E-state index in [1.54, 1.807) is 0 Å². The third-order valence-corrected chi connectivity index (χ3v) is 4.10. The number of rotatable bonds is 3. The first kappa shape index (κ1) is 12.3. The molecule has 21 heavy (non-hydrogen) atoms. The van der Waals surface area contributed by atoms with Gasteiger partial charge in [0.05, 0.1) is 5.69 Å². The molecule has 1 heterocycles. The van der Waals surface area contributed by atoms with Gasteiger partial charge in [0.1, 0.15) is 0 Å². The molecule has 0 radical (unpaired) electrons. The first-order valence-electron chi connectivity index (χ1n) is 7.52. The Hall–Kier alpha value is -2.41.